The quantitative estimate of drug-likeness (QED) is 0.470. The maximum absolute atomic E-state index is 13.8. The van der Waals surface area contributed by atoms with Gasteiger partial charge in [-0.25, -0.2) is 8.42 Å². The van der Waals surface area contributed by atoms with E-state index >= 15 is 0 Å². The van der Waals surface area contributed by atoms with Gasteiger partial charge in [0.05, 0.1) is 4.75 Å². The predicted molar refractivity (Wildman–Crippen MR) is 145 cm³/mol. The molecule has 2 aliphatic rings. The summed E-state index contributed by atoms with van der Waals surface area (Å²) in [6.45, 7) is 0.986. The van der Waals surface area contributed by atoms with Crippen molar-refractivity contribution in [2.24, 2.45) is 0 Å². The van der Waals surface area contributed by atoms with Gasteiger partial charge in [0.15, 0.2) is 9.84 Å². The minimum atomic E-state index is -3.79. The van der Waals surface area contributed by atoms with Crippen LogP contribution in [-0.4, -0.2) is 53.4 Å². The van der Waals surface area contributed by atoms with Gasteiger partial charge in [0.25, 0.3) is 0 Å². The van der Waals surface area contributed by atoms with Crippen LogP contribution >= 0.6 is 11.6 Å². The highest BCUT2D eigenvalue weighted by atomic mass is 35.5. The Morgan fingerprint density at radius 2 is 1.76 bits per heavy atom. The molecule has 0 radical (unpaired) electrons. The zero-order valence-electron chi connectivity index (χ0n) is 20.3. The molecule has 1 saturated heterocycles. The van der Waals surface area contributed by atoms with E-state index in [-0.39, 0.29) is 19.5 Å². The lowest BCUT2D eigenvalue weighted by molar-refractivity contribution is -0.112. The summed E-state index contributed by atoms with van der Waals surface area (Å²) in [7, 11) is -3.79. The molecular formula is C28H30ClN3O4S. The summed E-state index contributed by atoms with van der Waals surface area (Å²) in [5.74, 6) is 1.19. The van der Waals surface area contributed by atoms with Gasteiger partial charge in [-0.05, 0) is 67.0 Å². The van der Waals surface area contributed by atoms with Crippen LogP contribution in [0.2, 0.25) is 5.02 Å². The van der Waals surface area contributed by atoms with Crippen molar-refractivity contribution in [3.05, 3.63) is 120 Å². The van der Waals surface area contributed by atoms with Crippen molar-refractivity contribution in [2.75, 3.05) is 19.6 Å². The number of hydrogen-bond acceptors (Lipinski definition) is 7. The molecule has 0 saturated carbocycles. The van der Waals surface area contributed by atoms with Crippen molar-refractivity contribution in [3.8, 4) is 5.75 Å². The number of halogens is 1. The van der Waals surface area contributed by atoms with Crippen molar-refractivity contribution >= 4 is 21.4 Å². The third-order valence-corrected chi connectivity index (χ3v) is 9.21. The number of benzene rings is 2. The number of hydrogen-bond donors (Lipinski definition) is 2. The first-order chi connectivity index (χ1) is 17.9. The molecule has 0 spiro atoms. The molecule has 2 atom stereocenters. The van der Waals surface area contributed by atoms with Crippen LogP contribution in [0.5, 0.6) is 5.75 Å². The van der Waals surface area contributed by atoms with Gasteiger partial charge in [-0.2, -0.15) is 5.06 Å². The first-order valence-electron chi connectivity index (χ1n) is 12.0. The van der Waals surface area contributed by atoms with Crippen LogP contribution in [0.3, 0.4) is 0 Å². The Labute approximate surface area is 222 Å². The number of nitrogens with zero attached hydrogens (tertiary/aromatic N) is 2. The van der Waals surface area contributed by atoms with Crippen LogP contribution in [0.15, 0.2) is 109 Å². The minimum Gasteiger partial charge on any atom is -0.458 e. The van der Waals surface area contributed by atoms with Crippen molar-refractivity contribution in [2.45, 2.75) is 23.0 Å². The molecule has 1 aliphatic heterocycles. The average molecular weight is 540 g/mol. The van der Waals surface area contributed by atoms with Crippen LogP contribution in [0.1, 0.15) is 12.0 Å². The first kappa shape index (κ1) is 27.0. The second-order valence-corrected chi connectivity index (χ2v) is 11.7. The molecule has 37 heavy (non-hydrogen) atoms. The Bertz CT molecular complexity index is 1280. The molecule has 7 nitrogen and oxygen atoms in total. The molecule has 1 fully saturated rings. The number of allylic oxidation sites excluding steroid dienone is 2. The summed E-state index contributed by atoms with van der Waals surface area (Å²) in [6.07, 6.45) is 9.27. The highest BCUT2D eigenvalue weighted by molar-refractivity contribution is 7.93. The number of piperazine rings is 1. The summed E-state index contributed by atoms with van der Waals surface area (Å²) in [4.78, 5) is 3.78. The molecule has 3 aromatic rings. The maximum atomic E-state index is 13.8. The molecular weight excluding hydrogens is 510 g/mol. The lowest BCUT2D eigenvalue weighted by atomic mass is 9.91. The number of aromatic nitrogens is 1. The molecule has 1 aliphatic carbocycles. The van der Waals surface area contributed by atoms with Crippen molar-refractivity contribution in [1.82, 2.24) is 15.4 Å². The summed E-state index contributed by atoms with van der Waals surface area (Å²) >= 11 is 5.92. The van der Waals surface area contributed by atoms with Gasteiger partial charge in [0.2, 0.25) is 0 Å². The van der Waals surface area contributed by atoms with E-state index in [1.165, 1.54) is 0 Å². The van der Waals surface area contributed by atoms with Crippen molar-refractivity contribution in [3.63, 3.8) is 0 Å². The van der Waals surface area contributed by atoms with E-state index in [0.717, 1.165) is 10.6 Å². The second-order valence-electron chi connectivity index (χ2n) is 8.82. The van der Waals surface area contributed by atoms with Gasteiger partial charge in [-0.15, -0.1) is 0 Å². The predicted octanol–water partition coefficient (Wildman–Crippen LogP) is 4.66. The molecule has 0 amide bonds. The number of rotatable bonds is 6. The van der Waals surface area contributed by atoms with E-state index in [9.17, 15) is 13.6 Å². The van der Waals surface area contributed by atoms with Gasteiger partial charge in [0, 0.05) is 37.1 Å². The number of hydroxylamine groups is 2. The molecule has 2 aromatic carbocycles. The maximum Gasteiger partial charge on any atom is 0.179 e. The molecule has 194 valence electrons. The lowest BCUT2D eigenvalue weighted by Crippen LogP contribution is -2.59. The zero-order chi connectivity index (χ0) is 26.1. The molecule has 2 unspecified atom stereocenters. The van der Waals surface area contributed by atoms with Crippen molar-refractivity contribution in [1.29, 1.82) is 0 Å². The Hall–Kier alpha value is -3.01. The fraction of sp³-hybridized carbons (Fsp3) is 0.250. The van der Waals surface area contributed by atoms with Crippen LogP contribution in [-0.2, 0) is 16.3 Å². The fourth-order valence-electron chi connectivity index (χ4n) is 4.26. The SMILES string of the molecule is O=S(=O)(C1CNCCN1O)C1(Cc2ccccc2)C=CC(Oc2ccc(Cl)cc2)=CC1.c1ccncc1. The molecule has 2 N–H and O–H groups in total. The van der Waals surface area contributed by atoms with Crippen LogP contribution < -0.4 is 10.1 Å². The van der Waals surface area contributed by atoms with E-state index in [2.05, 4.69) is 10.3 Å². The smallest absolute Gasteiger partial charge is 0.179 e. The molecule has 5 rings (SSSR count). The number of sulfone groups is 1. The molecule has 9 heteroatoms. The summed E-state index contributed by atoms with van der Waals surface area (Å²) in [5, 5.41) is 13.9. The van der Waals surface area contributed by atoms with Crippen LogP contribution in [0.4, 0.5) is 0 Å². The first-order valence-corrected chi connectivity index (χ1v) is 13.9. The summed E-state index contributed by atoms with van der Waals surface area (Å²) in [6, 6.07) is 22.2. The van der Waals surface area contributed by atoms with E-state index in [4.69, 9.17) is 16.3 Å². The Balaban J connectivity index is 0.000000469. The van der Waals surface area contributed by atoms with Gasteiger partial charge in [0.1, 0.15) is 16.9 Å². The number of ether oxygens (including phenoxy) is 1. The van der Waals surface area contributed by atoms with Gasteiger partial charge in [-0.1, -0.05) is 54.1 Å². The summed E-state index contributed by atoms with van der Waals surface area (Å²) in [5.41, 5.74) is 0.916. The van der Waals surface area contributed by atoms with Crippen LogP contribution in [0.25, 0.3) is 0 Å². The largest absolute Gasteiger partial charge is 0.458 e. The van der Waals surface area contributed by atoms with E-state index in [0.29, 0.717) is 29.5 Å². The van der Waals surface area contributed by atoms with Crippen molar-refractivity contribution < 1.29 is 18.4 Å². The van der Waals surface area contributed by atoms with Gasteiger partial charge in [-0.3, -0.25) is 4.98 Å². The monoisotopic (exact) mass is 539 g/mol. The molecule has 1 aromatic heterocycles. The highest BCUT2D eigenvalue weighted by Gasteiger charge is 2.49. The van der Waals surface area contributed by atoms with E-state index < -0.39 is 20.0 Å². The van der Waals surface area contributed by atoms with E-state index in [1.807, 2.05) is 48.5 Å². The van der Waals surface area contributed by atoms with Crippen LogP contribution in [0, 0.1) is 0 Å². The second kappa shape index (κ2) is 12.5. The Kier molecular flexibility index (Phi) is 9.13. The Morgan fingerprint density at radius 1 is 1.05 bits per heavy atom. The third kappa shape index (κ3) is 6.85. The standard InChI is InChI=1S/C23H25ClN2O4S.C5H5N/c24-19-6-8-20(9-7-19)30-21-10-12-23(13-11-21,16-18-4-2-1-3-5-18)31(28,29)22-17-25-14-15-26(22)27;1-2-4-6-5-3-1/h1-12,22,25,27H,13-17H2;1-5H. The van der Waals surface area contributed by atoms with Gasteiger partial charge >= 0.3 is 0 Å². The highest BCUT2D eigenvalue weighted by Crippen LogP contribution is 2.37. The number of nitrogens with one attached hydrogen (secondary N) is 1. The molecule has 2 heterocycles. The lowest BCUT2D eigenvalue weighted by Gasteiger charge is -2.39. The Morgan fingerprint density at radius 3 is 2.32 bits per heavy atom. The van der Waals surface area contributed by atoms with E-state index in [1.54, 1.807) is 54.9 Å². The zero-order valence-corrected chi connectivity index (χ0v) is 21.9. The average Bonchev–Trinajstić information content (AvgIpc) is 2.93. The molecule has 0 bridgehead atoms. The minimum absolute atomic E-state index is 0.182. The summed E-state index contributed by atoms with van der Waals surface area (Å²) < 4.78 is 32.3. The fourth-order valence-corrected chi connectivity index (χ4v) is 6.64. The normalized spacial score (nSPS) is 21.9. The topological polar surface area (TPSA) is 91.8 Å². The third-order valence-electron chi connectivity index (χ3n) is 6.26. The number of pyridine rings is 1. The van der Waals surface area contributed by atoms with Gasteiger partial charge < -0.3 is 15.3 Å².